The average molecular weight is 502 g/mol. The molecule has 0 saturated carbocycles. The molecule has 1 fully saturated rings. The quantitative estimate of drug-likeness (QED) is 0.593. The maximum atomic E-state index is 13.6. The Labute approximate surface area is 195 Å². The fourth-order valence-electron chi connectivity index (χ4n) is 3.50. The van der Waals surface area contributed by atoms with Crippen LogP contribution in [-0.4, -0.2) is 66.6 Å². The number of aromatic nitrogens is 3. The van der Waals surface area contributed by atoms with E-state index in [4.69, 9.17) is 0 Å². The average Bonchev–Trinajstić information content (AvgIpc) is 2.76. The highest BCUT2D eigenvalue weighted by molar-refractivity contribution is 7.92. The summed E-state index contributed by atoms with van der Waals surface area (Å²) in [5.41, 5.74) is -0.681. The topological polar surface area (TPSA) is 120 Å². The van der Waals surface area contributed by atoms with Gasteiger partial charge in [0.05, 0.1) is 6.26 Å². The van der Waals surface area contributed by atoms with E-state index in [1.54, 1.807) is 17.0 Å². The minimum atomic E-state index is -4.70. The fraction of sp³-hybridized carbons (Fsp3) is 0.500. The van der Waals surface area contributed by atoms with Gasteiger partial charge in [-0.05, 0) is 18.9 Å². The zero-order valence-electron chi connectivity index (χ0n) is 18.9. The highest BCUT2D eigenvalue weighted by Crippen LogP contribution is 2.34. The summed E-state index contributed by atoms with van der Waals surface area (Å²) in [6, 6.07) is 3.03. The standard InChI is InChI=1S/C20H26F3N7O3S/c1-13(31)30-9-6-15(7-10-30)27-19-26-12-16(20(21,22)23)17(28-19)25-11-14-5-4-8-24-18(14)29(2)34(3,32)33/h4-5,8,12,15H,6-7,9-11H2,1-3H3,(H2,25,26,27,28). The number of nitrogens with one attached hydrogen (secondary N) is 2. The molecule has 0 aromatic carbocycles. The number of piperidine rings is 1. The molecule has 10 nitrogen and oxygen atoms in total. The normalized spacial score (nSPS) is 15.2. The zero-order chi connectivity index (χ0) is 25.1. The van der Waals surface area contributed by atoms with Crippen LogP contribution in [0.15, 0.2) is 24.5 Å². The zero-order valence-corrected chi connectivity index (χ0v) is 19.7. The Hall–Kier alpha value is -3.16. The Morgan fingerprint density at radius 2 is 1.94 bits per heavy atom. The lowest BCUT2D eigenvalue weighted by atomic mass is 10.1. The second kappa shape index (κ2) is 9.99. The lowest BCUT2D eigenvalue weighted by Gasteiger charge is -2.31. The van der Waals surface area contributed by atoms with E-state index in [2.05, 4.69) is 25.6 Å². The summed E-state index contributed by atoms with van der Waals surface area (Å²) in [6.45, 7) is 2.42. The van der Waals surface area contributed by atoms with Crippen molar-refractivity contribution in [1.82, 2.24) is 19.9 Å². The van der Waals surface area contributed by atoms with E-state index in [1.165, 1.54) is 20.2 Å². The lowest BCUT2D eigenvalue weighted by molar-refractivity contribution is -0.137. The minimum Gasteiger partial charge on any atom is -0.365 e. The van der Waals surface area contributed by atoms with Gasteiger partial charge in [-0.15, -0.1) is 0 Å². The number of carbonyl (C=O) groups excluding carboxylic acids is 1. The van der Waals surface area contributed by atoms with Crippen LogP contribution in [0.5, 0.6) is 0 Å². The number of pyridine rings is 1. The molecule has 0 radical (unpaired) electrons. The third-order valence-electron chi connectivity index (χ3n) is 5.48. The van der Waals surface area contributed by atoms with Gasteiger partial charge in [-0.3, -0.25) is 9.10 Å². The van der Waals surface area contributed by atoms with E-state index in [-0.39, 0.29) is 30.3 Å². The van der Waals surface area contributed by atoms with Crippen LogP contribution in [0.3, 0.4) is 0 Å². The summed E-state index contributed by atoms with van der Waals surface area (Å²) < 4.78 is 65.5. The van der Waals surface area contributed by atoms with Gasteiger partial charge < -0.3 is 15.5 Å². The highest BCUT2D eigenvalue weighted by atomic mass is 32.2. The number of anilines is 3. The van der Waals surface area contributed by atoms with Gasteiger partial charge in [0, 0.05) is 57.6 Å². The minimum absolute atomic E-state index is 0.0213. The second-order valence-corrected chi connectivity index (χ2v) is 9.96. The highest BCUT2D eigenvalue weighted by Gasteiger charge is 2.35. The molecule has 0 unspecified atom stereocenters. The molecular formula is C20H26F3N7O3S. The molecule has 186 valence electrons. The molecule has 1 saturated heterocycles. The number of likely N-dealkylation sites (tertiary alicyclic amines) is 1. The van der Waals surface area contributed by atoms with Gasteiger partial charge in [-0.25, -0.2) is 18.4 Å². The molecule has 1 aliphatic heterocycles. The number of halogens is 3. The lowest BCUT2D eigenvalue weighted by Crippen LogP contribution is -2.41. The van der Waals surface area contributed by atoms with Crippen molar-refractivity contribution in [1.29, 1.82) is 0 Å². The van der Waals surface area contributed by atoms with Crippen LogP contribution < -0.4 is 14.9 Å². The van der Waals surface area contributed by atoms with Crippen LogP contribution >= 0.6 is 0 Å². The Kier molecular flexibility index (Phi) is 7.48. The van der Waals surface area contributed by atoms with E-state index in [1.807, 2.05) is 0 Å². The molecule has 2 aromatic rings. The molecule has 0 atom stereocenters. The molecule has 3 rings (SSSR count). The largest absolute Gasteiger partial charge is 0.421 e. The third kappa shape index (κ3) is 6.24. The molecule has 14 heteroatoms. The maximum Gasteiger partial charge on any atom is 0.421 e. The third-order valence-corrected chi connectivity index (χ3v) is 6.65. The van der Waals surface area contributed by atoms with Crippen molar-refractivity contribution in [2.75, 3.05) is 41.3 Å². The summed E-state index contributed by atoms with van der Waals surface area (Å²) in [7, 11) is -2.31. The van der Waals surface area contributed by atoms with Gasteiger partial charge in [-0.2, -0.15) is 18.2 Å². The van der Waals surface area contributed by atoms with Crippen LogP contribution in [0.25, 0.3) is 0 Å². The van der Waals surface area contributed by atoms with Gasteiger partial charge >= 0.3 is 6.18 Å². The first kappa shape index (κ1) is 25.5. The van der Waals surface area contributed by atoms with Gasteiger partial charge in [0.25, 0.3) is 0 Å². The van der Waals surface area contributed by atoms with Crippen LogP contribution in [0.4, 0.5) is 30.8 Å². The molecule has 0 bridgehead atoms. The van der Waals surface area contributed by atoms with Crippen LogP contribution in [-0.2, 0) is 27.5 Å². The van der Waals surface area contributed by atoms with E-state index < -0.39 is 27.6 Å². The van der Waals surface area contributed by atoms with Gasteiger partial charge in [0.1, 0.15) is 17.2 Å². The summed E-state index contributed by atoms with van der Waals surface area (Å²) in [4.78, 5) is 25.1. The number of rotatable bonds is 7. The number of sulfonamides is 1. The number of hydrogen-bond acceptors (Lipinski definition) is 8. The molecular weight excluding hydrogens is 475 g/mol. The van der Waals surface area contributed by atoms with Crippen molar-refractivity contribution in [3.8, 4) is 0 Å². The molecule has 2 aromatic heterocycles. The van der Waals surface area contributed by atoms with Gasteiger partial charge in [0.15, 0.2) is 0 Å². The summed E-state index contributed by atoms with van der Waals surface area (Å²) >= 11 is 0. The van der Waals surface area contributed by atoms with Crippen LogP contribution in [0, 0.1) is 0 Å². The van der Waals surface area contributed by atoms with Crippen molar-refractivity contribution >= 4 is 33.5 Å². The van der Waals surface area contributed by atoms with E-state index in [9.17, 15) is 26.4 Å². The first-order valence-electron chi connectivity index (χ1n) is 10.4. The van der Waals surface area contributed by atoms with Crippen molar-refractivity contribution in [2.45, 2.75) is 38.5 Å². The summed E-state index contributed by atoms with van der Waals surface area (Å²) in [6.07, 6.45) is -0.368. The van der Waals surface area contributed by atoms with E-state index in [0.29, 0.717) is 37.7 Å². The van der Waals surface area contributed by atoms with Crippen molar-refractivity contribution in [3.63, 3.8) is 0 Å². The first-order valence-corrected chi connectivity index (χ1v) is 12.3. The molecule has 1 amide bonds. The maximum absolute atomic E-state index is 13.6. The summed E-state index contributed by atoms with van der Waals surface area (Å²) in [5.74, 6) is -0.345. The van der Waals surface area contributed by atoms with E-state index >= 15 is 0 Å². The smallest absolute Gasteiger partial charge is 0.365 e. The Balaban J connectivity index is 1.80. The molecule has 34 heavy (non-hydrogen) atoms. The molecule has 1 aliphatic rings. The van der Waals surface area contributed by atoms with Gasteiger partial charge in [0.2, 0.25) is 21.9 Å². The van der Waals surface area contributed by atoms with Crippen molar-refractivity contribution in [3.05, 3.63) is 35.7 Å². The van der Waals surface area contributed by atoms with Crippen LogP contribution in [0.1, 0.15) is 30.9 Å². The second-order valence-electron chi connectivity index (χ2n) is 7.95. The number of nitrogens with zero attached hydrogens (tertiary/aromatic N) is 5. The number of carbonyl (C=O) groups is 1. The van der Waals surface area contributed by atoms with Gasteiger partial charge in [-0.1, -0.05) is 6.07 Å². The summed E-state index contributed by atoms with van der Waals surface area (Å²) in [5, 5.41) is 5.70. The predicted octanol–water partition coefficient (Wildman–Crippen LogP) is 2.32. The molecule has 0 spiro atoms. The van der Waals surface area contributed by atoms with Crippen molar-refractivity contribution < 1.29 is 26.4 Å². The first-order chi connectivity index (χ1) is 15.9. The molecule has 3 heterocycles. The van der Waals surface area contributed by atoms with Crippen molar-refractivity contribution in [2.24, 2.45) is 0 Å². The number of amides is 1. The Morgan fingerprint density at radius 1 is 1.26 bits per heavy atom. The Morgan fingerprint density at radius 3 is 2.53 bits per heavy atom. The number of hydrogen-bond donors (Lipinski definition) is 2. The molecule has 2 N–H and O–H groups in total. The predicted molar refractivity (Wildman–Crippen MR) is 121 cm³/mol. The van der Waals surface area contributed by atoms with Crippen LogP contribution in [0.2, 0.25) is 0 Å². The molecule has 0 aliphatic carbocycles. The van der Waals surface area contributed by atoms with E-state index in [0.717, 1.165) is 10.6 Å². The number of alkyl halides is 3. The SMILES string of the molecule is CC(=O)N1CCC(Nc2ncc(C(F)(F)F)c(NCc3cccnc3N(C)S(C)(=O)=O)n2)CC1. The fourth-order valence-corrected chi connectivity index (χ4v) is 3.98. The monoisotopic (exact) mass is 501 g/mol. The Bertz CT molecular complexity index is 1140.